The minimum Gasteiger partial charge on any atom is -0.355 e. The van der Waals surface area contributed by atoms with E-state index < -0.39 is 11.6 Å². The Bertz CT molecular complexity index is 985. The van der Waals surface area contributed by atoms with E-state index in [2.05, 4.69) is 31.9 Å². The monoisotopic (exact) mass is 479 g/mol. The molecule has 1 amide bonds. The SMILES string of the molecule is CNC(=O)c1cnc(N2CCN(C3CCN(Cc4c(F)cccc4F)CC3)[C@@H](C)C2)c(Cl)c1.[HH]. The van der Waals surface area contributed by atoms with Crippen LogP contribution >= 0.6 is 11.6 Å². The molecule has 2 aliphatic heterocycles. The lowest BCUT2D eigenvalue weighted by molar-refractivity contribution is 0.0683. The van der Waals surface area contributed by atoms with Crippen LogP contribution in [-0.2, 0) is 6.54 Å². The van der Waals surface area contributed by atoms with E-state index >= 15 is 0 Å². The van der Waals surface area contributed by atoms with Gasteiger partial charge in [-0.2, -0.15) is 0 Å². The first-order chi connectivity index (χ1) is 15.9. The molecule has 0 spiro atoms. The second-order valence-electron chi connectivity index (χ2n) is 8.85. The molecule has 0 aliphatic carbocycles. The lowest BCUT2D eigenvalue weighted by atomic mass is 9.99. The Morgan fingerprint density at radius 2 is 1.91 bits per heavy atom. The fourth-order valence-electron chi connectivity index (χ4n) is 4.95. The molecule has 9 heteroatoms. The van der Waals surface area contributed by atoms with Crippen molar-refractivity contribution in [2.45, 2.75) is 38.4 Å². The summed E-state index contributed by atoms with van der Waals surface area (Å²) in [6.07, 6.45) is 3.51. The minimum atomic E-state index is -0.475. The summed E-state index contributed by atoms with van der Waals surface area (Å²) in [6, 6.07) is 6.46. The number of nitrogens with zero attached hydrogens (tertiary/aromatic N) is 4. The lowest BCUT2D eigenvalue weighted by Crippen LogP contribution is -2.57. The van der Waals surface area contributed by atoms with Crippen molar-refractivity contribution in [2.24, 2.45) is 0 Å². The summed E-state index contributed by atoms with van der Waals surface area (Å²) >= 11 is 6.44. The first kappa shape index (κ1) is 23.9. The zero-order chi connectivity index (χ0) is 23.5. The normalized spacial score (nSPS) is 20.8. The lowest BCUT2D eigenvalue weighted by Gasteiger charge is -2.47. The van der Waals surface area contributed by atoms with Gasteiger partial charge in [0.2, 0.25) is 0 Å². The standard InChI is InChI=1S/C24H30ClF2N5O.H2/c1-16-14-31(23-20(25)12-17(13-29-23)24(33)28-2)10-11-32(16)18-6-8-30(9-7-18)15-19-21(26)4-3-5-22(19)27;/h3-5,12-13,16,18H,6-11,14-15H2,1-2H3,(H,28,33);1H/t16-;/m0./s1. The van der Waals surface area contributed by atoms with Crippen LogP contribution in [0.1, 0.15) is 37.1 Å². The number of carbonyl (C=O) groups is 1. The molecule has 2 aromatic rings. The Morgan fingerprint density at radius 3 is 2.52 bits per heavy atom. The topological polar surface area (TPSA) is 51.7 Å². The first-order valence-corrected chi connectivity index (χ1v) is 11.8. The third kappa shape index (κ3) is 5.28. The minimum absolute atomic E-state index is 0. The molecule has 6 nitrogen and oxygen atoms in total. The number of rotatable bonds is 5. The van der Waals surface area contributed by atoms with E-state index in [9.17, 15) is 13.6 Å². The Morgan fingerprint density at radius 1 is 1.21 bits per heavy atom. The van der Waals surface area contributed by atoms with E-state index in [1.807, 2.05) is 0 Å². The van der Waals surface area contributed by atoms with Crippen LogP contribution in [-0.4, -0.2) is 72.5 Å². The number of benzene rings is 1. The Balaban J connectivity index is 0.00000324. The van der Waals surface area contributed by atoms with Crippen molar-refractivity contribution in [1.29, 1.82) is 0 Å². The van der Waals surface area contributed by atoms with Gasteiger partial charge in [-0.15, -0.1) is 0 Å². The number of carbonyl (C=O) groups excluding carboxylic acids is 1. The summed E-state index contributed by atoms with van der Waals surface area (Å²) in [5, 5.41) is 3.06. The molecular formula is C24H32ClF2N5O. The summed E-state index contributed by atoms with van der Waals surface area (Å²) in [5.41, 5.74) is 0.602. The Kier molecular flexibility index (Phi) is 7.46. The fourth-order valence-corrected chi connectivity index (χ4v) is 5.24. The quantitative estimate of drug-likeness (QED) is 0.707. The predicted molar refractivity (Wildman–Crippen MR) is 128 cm³/mol. The van der Waals surface area contributed by atoms with Crippen molar-refractivity contribution < 1.29 is 15.0 Å². The Hall–Kier alpha value is -2.29. The smallest absolute Gasteiger partial charge is 0.252 e. The van der Waals surface area contributed by atoms with Crippen molar-refractivity contribution in [3.8, 4) is 0 Å². The van der Waals surface area contributed by atoms with E-state index in [0.29, 0.717) is 35.0 Å². The van der Waals surface area contributed by atoms with Crippen LogP contribution < -0.4 is 10.2 Å². The molecule has 0 unspecified atom stereocenters. The van der Waals surface area contributed by atoms with Gasteiger partial charge < -0.3 is 10.2 Å². The average Bonchev–Trinajstić information content (AvgIpc) is 2.81. The van der Waals surface area contributed by atoms with Crippen LogP contribution in [0.3, 0.4) is 0 Å². The van der Waals surface area contributed by atoms with E-state index in [-0.39, 0.29) is 12.9 Å². The largest absolute Gasteiger partial charge is 0.355 e. The summed E-state index contributed by atoms with van der Waals surface area (Å²) in [7, 11) is 1.58. The van der Waals surface area contributed by atoms with Crippen LogP contribution in [0, 0.1) is 11.6 Å². The van der Waals surface area contributed by atoms with E-state index in [1.165, 1.54) is 18.2 Å². The van der Waals surface area contributed by atoms with Crippen molar-refractivity contribution in [3.63, 3.8) is 0 Å². The number of amides is 1. The zero-order valence-corrected chi connectivity index (χ0v) is 19.8. The van der Waals surface area contributed by atoms with Crippen LogP contribution in [0.2, 0.25) is 5.02 Å². The van der Waals surface area contributed by atoms with Gasteiger partial charge in [0.25, 0.3) is 5.91 Å². The van der Waals surface area contributed by atoms with Gasteiger partial charge in [0.1, 0.15) is 17.5 Å². The maximum Gasteiger partial charge on any atom is 0.252 e. The van der Waals surface area contributed by atoms with Crippen molar-refractivity contribution in [1.82, 2.24) is 20.1 Å². The molecule has 2 fully saturated rings. The number of aromatic nitrogens is 1. The van der Waals surface area contributed by atoms with Gasteiger partial charge in [-0.1, -0.05) is 17.7 Å². The number of hydrogen-bond donors (Lipinski definition) is 1. The molecule has 4 rings (SSSR count). The molecule has 1 N–H and O–H groups in total. The number of piperidine rings is 1. The van der Waals surface area contributed by atoms with Crippen LogP contribution in [0.15, 0.2) is 30.5 Å². The van der Waals surface area contributed by atoms with Gasteiger partial charge in [0.05, 0.1) is 10.6 Å². The predicted octanol–water partition coefficient (Wildman–Crippen LogP) is 3.79. The van der Waals surface area contributed by atoms with Crippen molar-refractivity contribution in [2.75, 3.05) is 44.7 Å². The summed E-state index contributed by atoms with van der Waals surface area (Å²) < 4.78 is 28.0. The molecule has 1 aromatic carbocycles. The zero-order valence-electron chi connectivity index (χ0n) is 19.0. The average molecular weight is 480 g/mol. The van der Waals surface area contributed by atoms with Gasteiger partial charge >= 0.3 is 0 Å². The molecule has 0 bridgehead atoms. The van der Waals surface area contributed by atoms with Crippen molar-refractivity contribution >= 4 is 23.3 Å². The number of piperazine rings is 1. The third-order valence-electron chi connectivity index (χ3n) is 6.76. The molecule has 2 saturated heterocycles. The van der Waals surface area contributed by atoms with E-state index in [4.69, 9.17) is 11.6 Å². The van der Waals surface area contributed by atoms with Crippen LogP contribution in [0.5, 0.6) is 0 Å². The second-order valence-corrected chi connectivity index (χ2v) is 9.26. The molecule has 1 atom stereocenters. The molecule has 180 valence electrons. The molecular weight excluding hydrogens is 448 g/mol. The number of halogens is 3. The highest BCUT2D eigenvalue weighted by Gasteiger charge is 2.33. The molecule has 3 heterocycles. The van der Waals surface area contributed by atoms with Gasteiger partial charge in [0.15, 0.2) is 0 Å². The molecule has 0 radical (unpaired) electrons. The summed E-state index contributed by atoms with van der Waals surface area (Å²) in [4.78, 5) is 23.1. The van der Waals surface area contributed by atoms with Gasteiger partial charge in [0, 0.05) is 58.5 Å². The second kappa shape index (κ2) is 10.3. The molecule has 0 saturated carbocycles. The number of nitrogens with one attached hydrogen (secondary N) is 1. The van der Waals surface area contributed by atoms with Crippen LogP contribution in [0.4, 0.5) is 14.6 Å². The number of pyridine rings is 1. The highest BCUT2D eigenvalue weighted by molar-refractivity contribution is 6.33. The van der Waals surface area contributed by atoms with Crippen molar-refractivity contribution in [3.05, 3.63) is 58.2 Å². The maximum absolute atomic E-state index is 14.0. The Labute approximate surface area is 200 Å². The highest BCUT2D eigenvalue weighted by atomic mass is 35.5. The molecule has 2 aliphatic rings. The van der Waals surface area contributed by atoms with Gasteiger partial charge in [-0.25, -0.2) is 13.8 Å². The summed E-state index contributed by atoms with van der Waals surface area (Å²) in [6.45, 7) is 6.65. The van der Waals surface area contributed by atoms with E-state index in [1.54, 1.807) is 19.3 Å². The number of anilines is 1. The first-order valence-electron chi connectivity index (χ1n) is 11.4. The summed E-state index contributed by atoms with van der Waals surface area (Å²) in [5.74, 6) is -0.453. The maximum atomic E-state index is 14.0. The van der Waals surface area contributed by atoms with Gasteiger partial charge in [-0.3, -0.25) is 14.6 Å². The third-order valence-corrected chi connectivity index (χ3v) is 7.04. The fraction of sp³-hybridized carbons (Fsp3) is 0.500. The van der Waals surface area contributed by atoms with Gasteiger partial charge in [-0.05, 0) is 51.1 Å². The highest BCUT2D eigenvalue weighted by Crippen LogP contribution is 2.29. The van der Waals surface area contributed by atoms with Crippen LogP contribution in [0.25, 0.3) is 0 Å². The molecule has 1 aromatic heterocycles. The number of hydrogen-bond acceptors (Lipinski definition) is 5. The molecule has 33 heavy (non-hydrogen) atoms. The van der Waals surface area contributed by atoms with E-state index in [0.717, 1.165) is 45.6 Å². The number of likely N-dealkylation sites (tertiary alicyclic amines) is 1.